The topological polar surface area (TPSA) is 118 Å². The molecule has 0 unspecified atom stereocenters. The molecule has 1 N–H and O–H groups in total. The van der Waals surface area contributed by atoms with Crippen molar-refractivity contribution in [3.05, 3.63) is 23.8 Å². The van der Waals surface area contributed by atoms with Crippen molar-refractivity contribution in [1.82, 2.24) is 19.9 Å². The molecular weight excluding hydrogens is 500 g/mol. The first-order chi connectivity index (χ1) is 19.2. The summed E-state index contributed by atoms with van der Waals surface area (Å²) >= 11 is 0. The van der Waals surface area contributed by atoms with E-state index >= 15 is 0 Å². The summed E-state index contributed by atoms with van der Waals surface area (Å²) in [5.41, 5.74) is 3.80. The van der Waals surface area contributed by atoms with Crippen molar-refractivity contribution in [3.8, 4) is 11.5 Å². The Kier molecular flexibility index (Phi) is 9.26. The highest BCUT2D eigenvalue weighted by atomic mass is 16.5. The molecular formula is C27H38N8O4. The van der Waals surface area contributed by atoms with Crippen LogP contribution in [0, 0.1) is 0 Å². The molecule has 3 aliphatic rings. The normalized spacial score (nSPS) is 18.3. The molecule has 0 spiro atoms. The maximum atomic E-state index is 12.4. The van der Waals surface area contributed by atoms with Crippen molar-refractivity contribution < 1.29 is 19.0 Å². The lowest BCUT2D eigenvalue weighted by Crippen LogP contribution is -2.43. The fourth-order valence-corrected chi connectivity index (χ4v) is 4.97. The van der Waals surface area contributed by atoms with Crippen molar-refractivity contribution >= 4 is 30.0 Å². The fraction of sp³-hybridized carbons (Fsp3) is 0.593. The first kappa shape index (κ1) is 26.9. The summed E-state index contributed by atoms with van der Waals surface area (Å²) in [6.45, 7) is 6.06. The van der Waals surface area contributed by atoms with E-state index in [0.29, 0.717) is 55.6 Å². The average molecular weight is 539 g/mol. The first-order valence-corrected chi connectivity index (χ1v) is 13.9. The second-order valence-electron chi connectivity index (χ2n) is 9.92. The zero-order chi connectivity index (χ0) is 26.9. The van der Waals surface area contributed by atoms with Crippen LogP contribution in [0.1, 0.15) is 44.1 Å². The van der Waals surface area contributed by atoms with E-state index in [1.54, 1.807) is 24.3 Å². The summed E-state index contributed by atoms with van der Waals surface area (Å²) in [5, 5.41) is 4.39. The second-order valence-corrected chi connectivity index (χ2v) is 9.92. The average Bonchev–Trinajstić information content (AvgIpc) is 3.01. The molecule has 2 aromatic rings. The van der Waals surface area contributed by atoms with E-state index in [1.165, 1.54) is 12.8 Å². The van der Waals surface area contributed by atoms with Gasteiger partial charge >= 0.3 is 0 Å². The lowest BCUT2D eigenvalue weighted by molar-refractivity contribution is -0.137. The first-order valence-electron chi connectivity index (χ1n) is 13.9. The number of methoxy groups -OCH3 is 1. The quantitative estimate of drug-likeness (QED) is 0.377. The standard InChI is InChI=1S/C27H38N8O4/c1-37-23-18-21(8-9-22(23)39-20-24(36)33-14-16-38-17-15-33)19-28-32-25-29-26(34-10-4-2-5-11-34)31-27(30-25)35-12-6-3-7-13-35/h8-9,18-19H,2-7,10-17,20H2,1H3,(H,29,30,31,32)/b28-19+. The Morgan fingerprint density at radius 2 is 1.56 bits per heavy atom. The molecule has 12 heteroatoms. The molecule has 0 atom stereocenters. The molecule has 4 heterocycles. The number of amides is 1. The summed E-state index contributed by atoms with van der Waals surface area (Å²) in [6.07, 6.45) is 8.75. The van der Waals surface area contributed by atoms with Crippen molar-refractivity contribution in [2.75, 3.05) is 81.4 Å². The summed E-state index contributed by atoms with van der Waals surface area (Å²) in [6, 6.07) is 5.44. The van der Waals surface area contributed by atoms with Crippen LogP contribution in [0.2, 0.25) is 0 Å². The third-order valence-corrected chi connectivity index (χ3v) is 7.17. The van der Waals surface area contributed by atoms with E-state index in [4.69, 9.17) is 19.2 Å². The number of rotatable bonds is 9. The van der Waals surface area contributed by atoms with Crippen LogP contribution in [-0.2, 0) is 9.53 Å². The van der Waals surface area contributed by atoms with Gasteiger partial charge in [-0.25, -0.2) is 5.43 Å². The maximum absolute atomic E-state index is 12.4. The van der Waals surface area contributed by atoms with Gasteiger partial charge in [0.05, 0.1) is 26.5 Å². The van der Waals surface area contributed by atoms with Crippen LogP contribution >= 0.6 is 0 Å². The van der Waals surface area contributed by atoms with Crippen LogP contribution in [-0.4, -0.2) is 98.2 Å². The largest absolute Gasteiger partial charge is 0.493 e. The van der Waals surface area contributed by atoms with Gasteiger partial charge in [-0.15, -0.1) is 0 Å². The zero-order valence-corrected chi connectivity index (χ0v) is 22.7. The van der Waals surface area contributed by atoms with Crippen LogP contribution < -0.4 is 24.7 Å². The Hall–Kier alpha value is -3.67. The van der Waals surface area contributed by atoms with E-state index in [2.05, 4.69) is 30.3 Å². The van der Waals surface area contributed by atoms with Crippen LogP contribution in [0.3, 0.4) is 0 Å². The number of nitrogens with one attached hydrogen (secondary N) is 1. The van der Waals surface area contributed by atoms with Gasteiger partial charge in [-0.2, -0.15) is 20.1 Å². The highest BCUT2D eigenvalue weighted by molar-refractivity contribution is 5.81. The predicted molar refractivity (Wildman–Crippen MR) is 149 cm³/mol. The molecule has 39 heavy (non-hydrogen) atoms. The van der Waals surface area contributed by atoms with E-state index in [9.17, 15) is 4.79 Å². The lowest BCUT2D eigenvalue weighted by atomic mass is 10.1. The number of aromatic nitrogens is 3. The number of hydrazone groups is 1. The van der Waals surface area contributed by atoms with Crippen LogP contribution in [0.5, 0.6) is 11.5 Å². The molecule has 1 amide bonds. The van der Waals surface area contributed by atoms with Gasteiger partial charge in [0.25, 0.3) is 5.91 Å². The van der Waals surface area contributed by atoms with Gasteiger partial charge in [0.15, 0.2) is 18.1 Å². The minimum Gasteiger partial charge on any atom is -0.493 e. The number of ether oxygens (including phenoxy) is 3. The molecule has 1 aromatic heterocycles. The third kappa shape index (κ3) is 7.25. The number of anilines is 3. The van der Waals surface area contributed by atoms with Crippen LogP contribution in [0.4, 0.5) is 17.8 Å². The molecule has 3 fully saturated rings. The molecule has 3 aliphatic heterocycles. The SMILES string of the molecule is COc1cc(/C=N/Nc2nc(N3CCCCC3)nc(N3CCCCC3)n2)ccc1OCC(=O)N1CCOCC1. The third-order valence-electron chi connectivity index (χ3n) is 7.17. The van der Waals surface area contributed by atoms with E-state index in [0.717, 1.165) is 57.4 Å². The molecule has 0 radical (unpaired) electrons. The summed E-state index contributed by atoms with van der Waals surface area (Å²) in [4.78, 5) is 32.8. The van der Waals surface area contributed by atoms with E-state index < -0.39 is 0 Å². The summed E-state index contributed by atoms with van der Waals surface area (Å²) < 4.78 is 16.6. The van der Waals surface area contributed by atoms with E-state index in [1.807, 2.05) is 12.1 Å². The number of morpholine rings is 1. The van der Waals surface area contributed by atoms with Gasteiger partial charge in [0.1, 0.15) is 0 Å². The fourth-order valence-electron chi connectivity index (χ4n) is 4.97. The van der Waals surface area contributed by atoms with E-state index in [-0.39, 0.29) is 12.5 Å². The Labute approximate surface area is 229 Å². The highest BCUT2D eigenvalue weighted by Gasteiger charge is 2.21. The number of carbonyl (C=O) groups is 1. The van der Waals surface area contributed by atoms with Crippen molar-refractivity contribution in [2.24, 2.45) is 5.10 Å². The molecule has 0 aliphatic carbocycles. The monoisotopic (exact) mass is 538 g/mol. The summed E-state index contributed by atoms with van der Waals surface area (Å²) in [5.74, 6) is 2.79. The molecule has 210 valence electrons. The second kappa shape index (κ2) is 13.4. The number of piperidine rings is 2. The van der Waals surface area contributed by atoms with Crippen molar-refractivity contribution in [3.63, 3.8) is 0 Å². The van der Waals surface area contributed by atoms with Gasteiger partial charge < -0.3 is 28.9 Å². The number of hydrogen-bond donors (Lipinski definition) is 1. The van der Waals surface area contributed by atoms with Crippen LogP contribution in [0.25, 0.3) is 0 Å². The summed E-state index contributed by atoms with van der Waals surface area (Å²) in [7, 11) is 1.57. The van der Waals surface area contributed by atoms with Gasteiger partial charge in [-0.1, -0.05) is 0 Å². The molecule has 5 rings (SSSR count). The zero-order valence-electron chi connectivity index (χ0n) is 22.7. The predicted octanol–water partition coefficient (Wildman–Crippen LogP) is 2.54. The minimum atomic E-state index is -0.0691. The minimum absolute atomic E-state index is 0.0521. The van der Waals surface area contributed by atoms with Crippen molar-refractivity contribution in [1.29, 1.82) is 0 Å². The number of hydrogen-bond acceptors (Lipinski definition) is 11. The highest BCUT2D eigenvalue weighted by Crippen LogP contribution is 2.28. The Balaban J connectivity index is 1.24. The van der Waals surface area contributed by atoms with Crippen LogP contribution in [0.15, 0.2) is 23.3 Å². The molecule has 3 saturated heterocycles. The van der Waals surface area contributed by atoms with Gasteiger partial charge in [0.2, 0.25) is 17.8 Å². The smallest absolute Gasteiger partial charge is 0.260 e. The number of carbonyl (C=O) groups excluding carboxylic acids is 1. The molecule has 1 aromatic carbocycles. The number of nitrogens with zero attached hydrogens (tertiary/aromatic N) is 7. The molecule has 0 saturated carbocycles. The molecule has 0 bridgehead atoms. The van der Waals surface area contributed by atoms with Gasteiger partial charge in [-0.3, -0.25) is 4.79 Å². The lowest BCUT2D eigenvalue weighted by Gasteiger charge is -2.30. The Bertz CT molecular complexity index is 1090. The van der Waals surface area contributed by atoms with Gasteiger partial charge in [-0.05, 0) is 62.3 Å². The van der Waals surface area contributed by atoms with Crippen molar-refractivity contribution in [2.45, 2.75) is 38.5 Å². The maximum Gasteiger partial charge on any atom is 0.260 e. The van der Waals surface area contributed by atoms with Gasteiger partial charge in [0, 0.05) is 39.3 Å². The Morgan fingerprint density at radius 1 is 0.923 bits per heavy atom. The Morgan fingerprint density at radius 3 is 2.18 bits per heavy atom. The molecule has 12 nitrogen and oxygen atoms in total. The number of benzene rings is 1.